The van der Waals surface area contributed by atoms with Crippen molar-refractivity contribution in [3.05, 3.63) is 0 Å². The molecule has 1 saturated carbocycles. The molecule has 0 bridgehead atoms. The third-order valence-corrected chi connectivity index (χ3v) is 5.11. The van der Waals surface area contributed by atoms with Crippen LogP contribution in [0.15, 0.2) is 0 Å². The molecule has 3 unspecified atom stereocenters. The molecule has 1 aliphatic carbocycles. The highest BCUT2D eigenvalue weighted by Gasteiger charge is 2.30. The smallest absolute Gasteiger partial charge is 0.00870 e. The van der Waals surface area contributed by atoms with Gasteiger partial charge in [0.2, 0.25) is 0 Å². The molecule has 0 spiro atoms. The molecule has 108 valence electrons. The van der Waals surface area contributed by atoms with Gasteiger partial charge in [0.15, 0.2) is 0 Å². The molecule has 0 heterocycles. The van der Waals surface area contributed by atoms with Crippen molar-refractivity contribution in [3.63, 3.8) is 0 Å². The van der Waals surface area contributed by atoms with Gasteiger partial charge in [-0.2, -0.15) is 0 Å². The molecule has 0 saturated heterocycles. The van der Waals surface area contributed by atoms with Crippen LogP contribution in [-0.2, 0) is 0 Å². The van der Waals surface area contributed by atoms with Crippen LogP contribution in [0.1, 0.15) is 59.8 Å². The highest BCUT2D eigenvalue weighted by atomic mass is 15.1. The van der Waals surface area contributed by atoms with Crippen LogP contribution in [0.2, 0.25) is 0 Å². The topological polar surface area (TPSA) is 29.3 Å². The zero-order valence-corrected chi connectivity index (χ0v) is 13.2. The number of rotatable bonds is 6. The average molecular weight is 254 g/mol. The Morgan fingerprint density at radius 3 is 2.28 bits per heavy atom. The zero-order chi connectivity index (χ0) is 13.7. The predicted octanol–water partition coefficient (Wildman–Crippen LogP) is 3.51. The van der Waals surface area contributed by atoms with Gasteiger partial charge in [-0.15, -0.1) is 0 Å². The van der Waals surface area contributed by atoms with Gasteiger partial charge in [-0.1, -0.05) is 27.7 Å². The van der Waals surface area contributed by atoms with Gasteiger partial charge < -0.3 is 10.6 Å². The van der Waals surface area contributed by atoms with Crippen molar-refractivity contribution in [1.29, 1.82) is 0 Å². The van der Waals surface area contributed by atoms with Crippen LogP contribution in [0.5, 0.6) is 0 Å². The Labute approximate surface area is 114 Å². The lowest BCUT2D eigenvalue weighted by Crippen LogP contribution is -2.45. The summed E-state index contributed by atoms with van der Waals surface area (Å²) < 4.78 is 0. The molecule has 0 aliphatic heterocycles. The molecular weight excluding hydrogens is 220 g/mol. The molecule has 1 fully saturated rings. The largest absolute Gasteiger partial charge is 0.327 e. The molecule has 0 amide bonds. The van der Waals surface area contributed by atoms with Crippen molar-refractivity contribution >= 4 is 0 Å². The van der Waals surface area contributed by atoms with Crippen LogP contribution in [0.4, 0.5) is 0 Å². The van der Waals surface area contributed by atoms with Crippen molar-refractivity contribution in [2.24, 2.45) is 23.5 Å². The second-order valence-corrected chi connectivity index (χ2v) is 6.65. The summed E-state index contributed by atoms with van der Waals surface area (Å²) in [4.78, 5) is 2.55. The summed E-state index contributed by atoms with van der Waals surface area (Å²) in [5.74, 6) is 2.42. The molecule has 0 radical (unpaired) electrons. The van der Waals surface area contributed by atoms with Crippen molar-refractivity contribution < 1.29 is 0 Å². The van der Waals surface area contributed by atoms with Gasteiger partial charge in [0.1, 0.15) is 0 Å². The first-order valence-corrected chi connectivity index (χ1v) is 7.95. The van der Waals surface area contributed by atoms with Gasteiger partial charge in [-0.25, -0.2) is 0 Å². The Morgan fingerprint density at radius 1 is 1.17 bits per heavy atom. The van der Waals surface area contributed by atoms with Crippen molar-refractivity contribution in [3.8, 4) is 0 Å². The second kappa shape index (κ2) is 7.49. The van der Waals surface area contributed by atoms with Crippen LogP contribution in [0.3, 0.4) is 0 Å². The molecule has 3 atom stereocenters. The Morgan fingerprint density at radius 2 is 1.78 bits per heavy atom. The highest BCUT2D eigenvalue weighted by Crippen LogP contribution is 2.33. The normalized spacial score (nSPS) is 29.5. The molecule has 1 aliphatic rings. The Bertz CT molecular complexity index is 223. The third kappa shape index (κ3) is 4.24. The van der Waals surface area contributed by atoms with Gasteiger partial charge in [0.25, 0.3) is 0 Å². The summed E-state index contributed by atoms with van der Waals surface area (Å²) in [7, 11) is 2.28. The summed E-state index contributed by atoms with van der Waals surface area (Å²) >= 11 is 0. The fraction of sp³-hybridized carbons (Fsp3) is 1.00. The molecular formula is C16H34N2. The van der Waals surface area contributed by atoms with Crippen LogP contribution in [0, 0.1) is 17.8 Å². The van der Waals surface area contributed by atoms with Crippen LogP contribution < -0.4 is 5.73 Å². The molecule has 2 heteroatoms. The van der Waals surface area contributed by atoms with E-state index in [0.29, 0.717) is 12.0 Å². The molecule has 1 rings (SSSR count). The molecule has 2 nitrogen and oxygen atoms in total. The monoisotopic (exact) mass is 254 g/mol. The van der Waals surface area contributed by atoms with E-state index >= 15 is 0 Å². The summed E-state index contributed by atoms with van der Waals surface area (Å²) in [5.41, 5.74) is 6.35. The lowest BCUT2D eigenvalue weighted by atomic mass is 9.73. The minimum atomic E-state index is 0.428. The predicted molar refractivity (Wildman–Crippen MR) is 80.6 cm³/mol. The van der Waals surface area contributed by atoms with E-state index in [2.05, 4.69) is 39.6 Å². The molecule has 0 aromatic rings. The first kappa shape index (κ1) is 16.0. The SMILES string of the molecule is CCC(CC)N(C)CC1CC(C(C)C)CCC1N. The lowest BCUT2D eigenvalue weighted by molar-refractivity contribution is 0.124. The second-order valence-electron chi connectivity index (χ2n) is 6.65. The highest BCUT2D eigenvalue weighted by molar-refractivity contribution is 4.86. The third-order valence-electron chi connectivity index (χ3n) is 5.11. The maximum Gasteiger partial charge on any atom is 0.00870 e. The molecule has 0 aromatic heterocycles. The zero-order valence-electron chi connectivity index (χ0n) is 13.2. The van der Waals surface area contributed by atoms with E-state index in [0.717, 1.165) is 17.9 Å². The van der Waals surface area contributed by atoms with Crippen molar-refractivity contribution in [1.82, 2.24) is 4.90 Å². The minimum Gasteiger partial charge on any atom is -0.327 e. The standard InChI is InChI=1S/C16H34N2/c1-6-15(7-2)18(5)11-14-10-13(12(3)4)8-9-16(14)17/h12-16H,6-11,17H2,1-5H3. The van der Waals surface area contributed by atoms with Crippen LogP contribution >= 0.6 is 0 Å². The van der Waals surface area contributed by atoms with Gasteiger partial charge >= 0.3 is 0 Å². The first-order valence-electron chi connectivity index (χ1n) is 7.95. The van der Waals surface area contributed by atoms with E-state index in [1.165, 1.54) is 38.6 Å². The Balaban J connectivity index is 2.52. The van der Waals surface area contributed by atoms with E-state index in [1.807, 2.05) is 0 Å². The first-order chi connectivity index (χ1) is 8.49. The van der Waals surface area contributed by atoms with E-state index in [4.69, 9.17) is 5.73 Å². The van der Waals surface area contributed by atoms with E-state index < -0.39 is 0 Å². The summed E-state index contributed by atoms with van der Waals surface area (Å²) in [6.07, 6.45) is 6.41. The fourth-order valence-electron chi connectivity index (χ4n) is 3.57. The van der Waals surface area contributed by atoms with Gasteiger partial charge in [-0.05, 0) is 56.9 Å². The summed E-state index contributed by atoms with van der Waals surface area (Å²) in [6.45, 7) is 10.5. The van der Waals surface area contributed by atoms with Gasteiger partial charge in [-0.3, -0.25) is 0 Å². The molecule has 18 heavy (non-hydrogen) atoms. The van der Waals surface area contributed by atoms with Gasteiger partial charge in [0, 0.05) is 18.6 Å². The summed E-state index contributed by atoms with van der Waals surface area (Å²) in [5, 5.41) is 0. The fourth-order valence-corrected chi connectivity index (χ4v) is 3.57. The molecule has 0 aromatic carbocycles. The number of hydrogen-bond acceptors (Lipinski definition) is 2. The van der Waals surface area contributed by atoms with Crippen LogP contribution in [0.25, 0.3) is 0 Å². The van der Waals surface area contributed by atoms with E-state index in [1.54, 1.807) is 0 Å². The van der Waals surface area contributed by atoms with Crippen LogP contribution in [-0.4, -0.2) is 30.6 Å². The van der Waals surface area contributed by atoms with Gasteiger partial charge in [0.05, 0.1) is 0 Å². The van der Waals surface area contributed by atoms with Crippen molar-refractivity contribution in [2.45, 2.75) is 71.9 Å². The summed E-state index contributed by atoms with van der Waals surface area (Å²) in [6, 6.07) is 1.16. The number of nitrogens with zero attached hydrogens (tertiary/aromatic N) is 1. The number of hydrogen-bond donors (Lipinski definition) is 1. The molecule has 2 N–H and O–H groups in total. The maximum atomic E-state index is 6.35. The minimum absolute atomic E-state index is 0.428. The lowest BCUT2D eigenvalue weighted by Gasteiger charge is -2.39. The Kier molecular flexibility index (Phi) is 6.65. The van der Waals surface area contributed by atoms with E-state index in [9.17, 15) is 0 Å². The van der Waals surface area contributed by atoms with E-state index in [-0.39, 0.29) is 0 Å². The van der Waals surface area contributed by atoms with Crippen molar-refractivity contribution in [2.75, 3.05) is 13.6 Å². The Hall–Kier alpha value is -0.0800. The number of nitrogens with two attached hydrogens (primary N) is 1. The maximum absolute atomic E-state index is 6.35. The average Bonchev–Trinajstić information content (AvgIpc) is 2.33. The quantitative estimate of drug-likeness (QED) is 0.786.